The summed E-state index contributed by atoms with van der Waals surface area (Å²) in [5.74, 6) is 0.672. The molecular weight excluding hydrogens is 414 g/mol. The Hall–Kier alpha value is -3.77. The van der Waals surface area contributed by atoms with Crippen molar-refractivity contribution in [3.05, 3.63) is 90.3 Å². The highest BCUT2D eigenvalue weighted by atomic mass is 16.5. The van der Waals surface area contributed by atoms with Gasteiger partial charge in [0.05, 0.1) is 22.9 Å². The number of amides is 1. The number of aromatic nitrogens is 2. The molecule has 2 aromatic heterocycles. The van der Waals surface area contributed by atoms with Crippen LogP contribution in [0.25, 0.3) is 22.2 Å². The molecular formula is C27H25N3O3. The quantitative estimate of drug-likeness (QED) is 0.448. The smallest absolute Gasteiger partial charge is 0.252 e. The van der Waals surface area contributed by atoms with Crippen molar-refractivity contribution in [2.24, 2.45) is 0 Å². The number of para-hydroxylation sites is 1. The lowest BCUT2D eigenvalue weighted by molar-refractivity contribution is 0.0679. The molecule has 0 spiro atoms. The molecule has 1 atom stereocenters. The molecule has 5 rings (SSSR count). The lowest BCUT2D eigenvalue weighted by atomic mass is 10.0. The minimum absolute atomic E-state index is 0.136. The third-order valence-electron chi connectivity index (χ3n) is 5.77. The van der Waals surface area contributed by atoms with Gasteiger partial charge in [0.1, 0.15) is 12.4 Å². The predicted octanol–water partition coefficient (Wildman–Crippen LogP) is 4.78. The first-order valence-corrected chi connectivity index (χ1v) is 11.2. The van der Waals surface area contributed by atoms with Gasteiger partial charge in [0, 0.05) is 36.5 Å². The van der Waals surface area contributed by atoms with Crippen LogP contribution in [0.15, 0.2) is 79.1 Å². The fourth-order valence-electron chi connectivity index (χ4n) is 3.98. The average Bonchev–Trinajstić information content (AvgIpc) is 3.40. The number of fused-ring (bicyclic) bond motifs is 1. The second-order valence-electron chi connectivity index (χ2n) is 8.08. The van der Waals surface area contributed by atoms with E-state index in [1.807, 2.05) is 66.7 Å². The van der Waals surface area contributed by atoms with E-state index < -0.39 is 0 Å². The number of carbonyl (C=O) groups is 1. The number of hydrogen-bond acceptors (Lipinski definition) is 5. The molecule has 166 valence electrons. The summed E-state index contributed by atoms with van der Waals surface area (Å²) in [5.41, 5.74) is 4.05. The lowest BCUT2D eigenvalue weighted by Crippen LogP contribution is -2.23. The number of ether oxygens (including phenoxy) is 2. The van der Waals surface area contributed by atoms with Crippen LogP contribution in [-0.2, 0) is 11.3 Å². The van der Waals surface area contributed by atoms with E-state index in [4.69, 9.17) is 14.5 Å². The predicted molar refractivity (Wildman–Crippen MR) is 127 cm³/mol. The maximum atomic E-state index is 13.1. The second-order valence-corrected chi connectivity index (χ2v) is 8.08. The topological polar surface area (TPSA) is 73.3 Å². The van der Waals surface area contributed by atoms with Gasteiger partial charge in [-0.05, 0) is 54.8 Å². The van der Waals surface area contributed by atoms with Crippen molar-refractivity contribution in [1.29, 1.82) is 0 Å². The van der Waals surface area contributed by atoms with Crippen LogP contribution in [0.2, 0.25) is 0 Å². The molecule has 1 fully saturated rings. The minimum Gasteiger partial charge on any atom is -0.491 e. The number of nitrogens with zero attached hydrogens (tertiary/aromatic N) is 2. The third-order valence-corrected chi connectivity index (χ3v) is 5.77. The first-order chi connectivity index (χ1) is 16.3. The van der Waals surface area contributed by atoms with E-state index in [0.29, 0.717) is 18.7 Å². The van der Waals surface area contributed by atoms with Gasteiger partial charge in [-0.15, -0.1) is 0 Å². The van der Waals surface area contributed by atoms with Crippen molar-refractivity contribution < 1.29 is 14.3 Å². The highest BCUT2D eigenvalue weighted by Gasteiger charge is 2.16. The molecule has 0 bridgehead atoms. The second kappa shape index (κ2) is 9.79. The fourth-order valence-corrected chi connectivity index (χ4v) is 3.98. The summed E-state index contributed by atoms with van der Waals surface area (Å²) in [6.07, 6.45) is 5.79. The van der Waals surface area contributed by atoms with Crippen LogP contribution in [-0.4, -0.2) is 35.2 Å². The molecule has 1 aliphatic heterocycles. The SMILES string of the molecule is O=C(NCc1ccc(OCC2CCCO2)cc1)c1cc(-c2ccncc2)nc2ccccc12. The Kier molecular flexibility index (Phi) is 6.26. The van der Waals surface area contributed by atoms with E-state index in [2.05, 4.69) is 10.3 Å². The van der Waals surface area contributed by atoms with Crippen molar-refractivity contribution in [2.75, 3.05) is 13.2 Å². The van der Waals surface area contributed by atoms with Crippen LogP contribution >= 0.6 is 0 Å². The van der Waals surface area contributed by atoms with Gasteiger partial charge in [-0.1, -0.05) is 30.3 Å². The standard InChI is InChI=1S/C27H25N3O3/c31-27(29-17-19-7-9-21(10-8-19)33-18-22-4-3-15-32-22)24-16-26(20-11-13-28-14-12-20)30-25-6-2-1-5-23(24)25/h1-2,5-14,16,22H,3-4,15,17-18H2,(H,29,31). The van der Waals surface area contributed by atoms with E-state index in [1.165, 1.54) is 0 Å². The maximum Gasteiger partial charge on any atom is 0.252 e. The molecule has 1 unspecified atom stereocenters. The van der Waals surface area contributed by atoms with Crippen LogP contribution in [0.5, 0.6) is 5.75 Å². The molecule has 1 amide bonds. The van der Waals surface area contributed by atoms with Gasteiger partial charge in [0.15, 0.2) is 0 Å². The molecule has 3 heterocycles. The zero-order chi connectivity index (χ0) is 22.5. The van der Waals surface area contributed by atoms with Gasteiger partial charge in [-0.2, -0.15) is 0 Å². The monoisotopic (exact) mass is 439 g/mol. The van der Waals surface area contributed by atoms with Gasteiger partial charge in [0.2, 0.25) is 0 Å². The number of rotatable bonds is 7. The van der Waals surface area contributed by atoms with Gasteiger partial charge >= 0.3 is 0 Å². The van der Waals surface area contributed by atoms with Crippen molar-refractivity contribution in [3.63, 3.8) is 0 Å². The first-order valence-electron chi connectivity index (χ1n) is 11.2. The molecule has 0 saturated carbocycles. The summed E-state index contributed by atoms with van der Waals surface area (Å²) in [4.78, 5) is 21.9. The molecule has 6 nitrogen and oxygen atoms in total. The van der Waals surface area contributed by atoms with Crippen LogP contribution in [0.1, 0.15) is 28.8 Å². The molecule has 4 aromatic rings. The number of pyridine rings is 2. The van der Waals surface area contributed by atoms with Crippen molar-refractivity contribution in [1.82, 2.24) is 15.3 Å². The minimum atomic E-state index is -0.136. The summed E-state index contributed by atoms with van der Waals surface area (Å²) in [7, 11) is 0. The highest BCUT2D eigenvalue weighted by molar-refractivity contribution is 6.07. The summed E-state index contributed by atoms with van der Waals surface area (Å²) in [6.45, 7) is 1.82. The fraction of sp³-hybridized carbons (Fsp3) is 0.222. The van der Waals surface area contributed by atoms with Crippen molar-refractivity contribution >= 4 is 16.8 Å². The molecule has 0 radical (unpaired) electrons. The lowest BCUT2D eigenvalue weighted by Gasteiger charge is -2.12. The number of nitrogens with one attached hydrogen (secondary N) is 1. The third kappa shape index (κ3) is 5.02. The van der Waals surface area contributed by atoms with Crippen LogP contribution in [0.3, 0.4) is 0 Å². The summed E-state index contributed by atoms with van der Waals surface area (Å²) < 4.78 is 11.4. The van der Waals surface area contributed by atoms with Crippen LogP contribution < -0.4 is 10.1 Å². The van der Waals surface area contributed by atoms with Crippen LogP contribution in [0.4, 0.5) is 0 Å². The van der Waals surface area contributed by atoms with E-state index in [-0.39, 0.29) is 12.0 Å². The molecule has 1 saturated heterocycles. The van der Waals surface area contributed by atoms with Gasteiger partial charge in [-0.3, -0.25) is 9.78 Å². The van der Waals surface area contributed by atoms with Gasteiger partial charge in [-0.25, -0.2) is 4.98 Å². The van der Waals surface area contributed by atoms with Crippen molar-refractivity contribution in [2.45, 2.75) is 25.5 Å². The number of hydrogen-bond donors (Lipinski definition) is 1. The number of carbonyl (C=O) groups excluding carboxylic acids is 1. The molecule has 33 heavy (non-hydrogen) atoms. The molecule has 6 heteroatoms. The Bertz CT molecular complexity index is 1240. The van der Waals surface area contributed by atoms with Gasteiger partial charge < -0.3 is 14.8 Å². The Morgan fingerprint density at radius 1 is 1.06 bits per heavy atom. The number of benzene rings is 2. The van der Waals surface area contributed by atoms with Gasteiger partial charge in [0.25, 0.3) is 5.91 Å². The maximum absolute atomic E-state index is 13.1. The van der Waals surface area contributed by atoms with Crippen molar-refractivity contribution in [3.8, 4) is 17.0 Å². The Labute approximate surface area is 192 Å². The molecule has 2 aromatic carbocycles. The summed E-state index contributed by atoms with van der Waals surface area (Å²) >= 11 is 0. The molecule has 0 aliphatic carbocycles. The normalized spacial score (nSPS) is 15.5. The summed E-state index contributed by atoms with van der Waals surface area (Å²) in [5, 5.41) is 3.87. The van der Waals surface area contributed by atoms with E-state index in [0.717, 1.165) is 52.9 Å². The Morgan fingerprint density at radius 3 is 2.67 bits per heavy atom. The largest absolute Gasteiger partial charge is 0.491 e. The van der Waals surface area contributed by atoms with Crippen LogP contribution in [0, 0.1) is 0 Å². The summed E-state index contributed by atoms with van der Waals surface area (Å²) in [6, 6.07) is 21.1. The zero-order valence-electron chi connectivity index (χ0n) is 18.2. The Balaban J connectivity index is 1.29. The van der Waals surface area contributed by atoms with E-state index in [9.17, 15) is 4.79 Å². The van der Waals surface area contributed by atoms with E-state index in [1.54, 1.807) is 12.4 Å². The Morgan fingerprint density at radius 2 is 1.88 bits per heavy atom. The zero-order valence-corrected chi connectivity index (χ0v) is 18.2. The molecule has 1 aliphatic rings. The highest BCUT2D eigenvalue weighted by Crippen LogP contribution is 2.25. The van der Waals surface area contributed by atoms with E-state index >= 15 is 0 Å². The first kappa shape index (κ1) is 21.1. The molecule has 1 N–H and O–H groups in total. The average molecular weight is 440 g/mol.